The van der Waals surface area contributed by atoms with Crippen molar-refractivity contribution in [3.63, 3.8) is 0 Å². The second-order valence-corrected chi connectivity index (χ2v) is 4.92. The molecule has 0 spiro atoms. The predicted octanol–water partition coefficient (Wildman–Crippen LogP) is 0.934. The van der Waals surface area contributed by atoms with Crippen molar-refractivity contribution in [1.82, 2.24) is 10.2 Å². The molecule has 3 N–H and O–H groups in total. The number of carbonyl (C=O) groups excluding carboxylic acids is 1. The van der Waals surface area contributed by atoms with E-state index in [4.69, 9.17) is 5.73 Å². The Morgan fingerprint density at radius 2 is 2.05 bits per heavy atom. The third-order valence-electron chi connectivity index (χ3n) is 2.40. The molecule has 0 bridgehead atoms. The van der Waals surface area contributed by atoms with E-state index in [0.717, 1.165) is 5.56 Å². The summed E-state index contributed by atoms with van der Waals surface area (Å²) in [6.45, 7) is -0.114. The van der Waals surface area contributed by atoms with Gasteiger partial charge in [-0.1, -0.05) is 23.5 Å². The maximum Gasteiger partial charge on any atom is 0.269 e. The van der Waals surface area contributed by atoms with Crippen molar-refractivity contribution in [2.45, 2.75) is 6.42 Å². The van der Waals surface area contributed by atoms with E-state index in [2.05, 4.69) is 15.5 Å². The molecule has 0 saturated carbocycles. The van der Waals surface area contributed by atoms with Gasteiger partial charge in [0.25, 0.3) is 5.69 Å². The molecule has 1 aromatic carbocycles. The number of nitrogens with zero attached hydrogens (tertiary/aromatic N) is 3. The van der Waals surface area contributed by atoms with Gasteiger partial charge in [-0.3, -0.25) is 20.2 Å². The summed E-state index contributed by atoms with van der Waals surface area (Å²) in [5.74, 6) is -0.331. The number of carbonyl (C=O) groups is 1. The largest absolute Gasteiger partial charge is 0.322 e. The number of rotatable bonds is 5. The number of benzene rings is 1. The zero-order chi connectivity index (χ0) is 14.5. The van der Waals surface area contributed by atoms with E-state index in [1.165, 1.54) is 23.5 Å². The van der Waals surface area contributed by atoms with Gasteiger partial charge in [-0.05, 0) is 5.56 Å². The van der Waals surface area contributed by atoms with Crippen molar-refractivity contribution < 1.29 is 9.72 Å². The lowest BCUT2D eigenvalue weighted by atomic mass is 10.1. The van der Waals surface area contributed by atoms with Gasteiger partial charge in [-0.2, -0.15) is 0 Å². The SMILES string of the molecule is NCC(=O)Nc1nnc(Cc2ccc([N+](=O)[O-])cc2)s1. The summed E-state index contributed by atoms with van der Waals surface area (Å²) in [5, 5.41) is 21.9. The Kier molecular flexibility index (Phi) is 4.33. The van der Waals surface area contributed by atoms with Crippen LogP contribution in [0, 0.1) is 10.1 Å². The van der Waals surface area contributed by atoms with Crippen LogP contribution < -0.4 is 11.1 Å². The van der Waals surface area contributed by atoms with Gasteiger partial charge in [-0.25, -0.2) is 0 Å². The number of nitrogens with one attached hydrogen (secondary N) is 1. The van der Waals surface area contributed by atoms with Gasteiger partial charge in [0.1, 0.15) is 5.01 Å². The summed E-state index contributed by atoms with van der Waals surface area (Å²) >= 11 is 1.24. The Bertz CT molecular complexity index is 625. The smallest absolute Gasteiger partial charge is 0.269 e. The average molecular weight is 293 g/mol. The van der Waals surface area contributed by atoms with Gasteiger partial charge in [-0.15, -0.1) is 10.2 Å². The lowest BCUT2D eigenvalue weighted by molar-refractivity contribution is -0.384. The molecule has 104 valence electrons. The Labute approximate surface area is 117 Å². The van der Waals surface area contributed by atoms with Gasteiger partial charge >= 0.3 is 0 Å². The van der Waals surface area contributed by atoms with Gasteiger partial charge < -0.3 is 5.73 Å². The number of hydrogen-bond acceptors (Lipinski definition) is 7. The monoisotopic (exact) mass is 293 g/mol. The number of hydrogen-bond donors (Lipinski definition) is 2. The van der Waals surface area contributed by atoms with E-state index in [1.54, 1.807) is 12.1 Å². The number of nitro benzene ring substituents is 1. The first-order valence-corrected chi connectivity index (χ1v) is 6.46. The number of non-ortho nitro benzene ring substituents is 1. The van der Waals surface area contributed by atoms with E-state index < -0.39 is 4.92 Å². The van der Waals surface area contributed by atoms with E-state index in [0.29, 0.717) is 16.6 Å². The van der Waals surface area contributed by atoms with Gasteiger partial charge in [0.05, 0.1) is 11.5 Å². The van der Waals surface area contributed by atoms with Crippen LogP contribution in [0.1, 0.15) is 10.6 Å². The highest BCUT2D eigenvalue weighted by Crippen LogP contribution is 2.20. The predicted molar refractivity (Wildman–Crippen MR) is 73.5 cm³/mol. The van der Waals surface area contributed by atoms with Crippen molar-refractivity contribution in [3.05, 3.63) is 45.0 Å². The molecule has 8 nitrogen and oxygen atoms in total. The van der Waals surface area contributed by atoms with E-state index >= 15 is 0 Å². The highest BCUT2D eigenvalue weighted by atomic mass is 32.1. The lowest BCUT2D eigenvalue weighted by Crippen LogP contribution is -2.21. The number of aromatic nitrogens is 2. The second-order valence-electron chi connectivity index (χ2n) is 3.85. The van der Waals surface area contributed by atoms with Crippen LogP contribution >= 0.6 is 11.3 Å². The second kappa shape index (κ2) is 6.17. The zero-order valence-electron chi connectivity index (χ0n) is 10.3. The Balaban J connectivity index is 2.03. The first kappa shape index (κ1) is 14.0. The summed E-state index contributed by atoms with van der Waals surface area (Å²) in [6.07, 6.45) is 0.494. The summed E-state index contributed by atoms with van der Waals surface area (Å²) in [5.41, 5.74) is 6.10. The molecule has 0 unspecified atom stereocenters. The maximum absolute atomic E-state index is 11.1. The highest BCUT2D eigenvalue weighted by molar-refractivity contribution is 7.15. The molecule has 0 aliphatic carbocycles. The first-order valence-electron chi connectivity index (χ1n) is 5.64. The van der Waals surface area contributed by atoms with Gasteiger partial charge in [0.15, 0.2) is 0 Å². The van der Waals surface area contributed by atoms with Crippen molar-refractivity contribution in [1.29, 1.82) is 0 Å². The zero-order valence-corrected chi connectivity index (χ0v) is 11.1. The normalized spacial score (nSPS) is 10.2. The molecular formula is C11H11N5O3S. The van der Waals surface area contributed by atoms with Crippen LogP contribution in [0.2, 0.25) is 0 Å². The van der Waals surface area contributed by atoms with Crippen molar-refractivity contribution in [2.24, 2.45) is 5.73 Å². The molecule has 0 aliphatic heterocycles. The molecule has 0 atom stereocenters. The third-order valence-corrected chi connectivity index (χ3v) is 3.24. The van der Waals surface area contributed by atoms with Crippen LogP contribution in [0.4, 0.5) is 10.8 Å². The van der Waals surface area contributed by atoms with Crippen LogP contribution in [0.15, 0.2) is 24.3 Å². The molecule has 0 radical (unpaired) electrons. The third kappa shape index (κ3) is 3.56. The minimum absolute atomic E-state index is 0.0434. The minimum Gasteiger partial charge on any atom is -0.322 e. The molecule has 1 heterocycles. The van der Waals surface area contributed by atoms with Gasteiger partial charge in [0, 0.05) is 18.6 Å². The van der Waals surface area contributed by atoms with E-state index in [1.807, 2.05) is 0 Å². The van der Waals surface area contributed by atoms with Crippen molar-refractivity contribution >= 4 is 28.1 Å². The molecule has 0 saturated heterocycles. The quantitative estimate of drug-likeness (QED) is 0.624. The van der Waals surface area contributed by atoms with Gasteiger partial charge in [0.2, 0.25) is 11.0 Å². The number of anilines is 1. The number of nitro groups is 1. The first-order chi connectivity index (χ1) is 9.58. The molecule has 0 fully saturated rings. The van der Waals surface area contributed by atoms with Crippen molar-refractivity contribution in [2.75, 3.05) is 11.9 Å². The Morgan fingerprint density at radius 1 is 1.35 bits per heavy atom. The number of nitrogens with two attached hydrogens (primary N) is 1. The molecule has 1 amide bonds. The molecule has 2 rings (SSSR count). The maximum atomic E-state index is 11.1. The topological polar surface area (TPSA) is 124 Å². The van der Waals surface area contributed by atoms with Crippen LogP contribution in [0.5, 0.6) is 0 Å². The minimum atomic E-state index is -0.449. The highest BCUT2D eigenvalue weighted by Gasteiger charge is 2.09. The van der Waals surface area contributed by atoms with Crippen LogP contribution in [-0.2, 0) is 11.2 Å². The fourth-order valence-electron chi connectivity index (χ4n) is 1.46. The fraction of sp³-hybridized carbons (Fsp3) is 0.182. The number of amides is 1. The fourth-order valence-corrected chi connectivity index (χ4v) is 2.25. The standard InChI is InChI=1S/C11H11N5O3S/c12-6-9(17)13-11-15-14-10(20-11)5-7-1-3-8(4-2-7)16(18)19/h1-4H,5-6,12H2,(H,13,15,17). The molecule has 20 heavy (non-hydrogen) atoms. The molecule has 2 aromatic rings. The Hall–Kier alpha value is -2.39. The summed E-state index contributed by atoms with van der Waals surface area (Å²) in [6, 6.07) is 6.20. The summed E-state index contributed by atoms with van der Waals surface area (Å²) in [4.78, 5) is 21.2. The molecular weight excluding hydrogens is 282 g/mol. The van der Waals surface area contributed by atoms with E-state index in [9.17, 15) is 14.9 Å². The summed E-state index contributed by atoms with van der Waals surface area (Å²) in [7, 11) is 0. The van der Waals surface area contributed by atoms with Crippen LogP contribution in [-0.4, -0.2) is 27.6 Å². The Morgan fingerprint density at radius 3 is 2.65 bits per heavy atom. The molecule has 1 aromatic heterocycles. The van der Waals surface area contributed by atoms with Crippen LogP contribution in [0.25, 0.3) is 0 Å². The van der Waals surface area contributed by atoms with Crippen molar-refractivity contribution in [3.8, 4) is 0 Å². The molecule has 9 heteroatoms. The van der Waals surface area contributed by atoms with E-state index in [-0.39, 0.29) is 18.1 Å². The summed E-state index contributed by atoms with van der Waals surface area (Å²) < 4.78 is 0. The lowest BCUT2D eigenvalue weighted by Gasteiger charge is -1.97. The molecule has 0 aliphatic rings. The average Bonchev–Trinajstić information content (AvgIpc) is 2.86. The van der Waals surface area contributed by atoms with Crippen LogP contribution in [0.3, 0.4) is 0 Å².